The Balaban J connectivity index is 0.00000312. The Hall–Kier alpha value is -1.42. The number of hydrogen-bond donors (Lipinski definition) is 1. The van der Waals surface area contributed by atoms with Crippen molar-refractivity contribution < 1.29 is 9.47 Å². The third-order valence-corrected chi connectivity index (χ3v) is 4.40. The van der Waals surface area contributed by atoms with Crippen molar-refractivity contribution in [2.75, 3.05) is 7.11 Å². The van der Waals surface area contributed by atoms with Crippen LogP contribution in [0, 0.1) is 0 Å². The van der Waals surface area contributed by atoms with Crippen molar-refractivity contribution >= 4 is 24.0 Å². The van der Waals surface area contributed by atoms with Gasteiger partial charge in [-0.2, -0.15) is 0 Å². The van der Waals surface area contributed by atoms with Crippen LogP contribution in [0.1, 0.15) is 38.3 Å². The van der Waals surface area contributed by atoms with Crippen LogP contribution in [0.15, 0.2) is 42.5 Å². The first kappa shape index (κ1) is 21.6. The molecule has 0 saturated heterocycles. The molecule has 0 radical (unpaired) electrons. The molecule has 0 atom stereocenters. The molecule has 3 nitrogen and oxygen atoms in total. The second-order valence-electron chi connectivity index (χ2n) is 6.49. The fourth-order valence-corrected chi connectivity index (χ4v) is 2.41. The van der Waals surface area contributed by atoms with E-state index in [1.807, 2.05) is 36.4 Å². The lowest BCUT2D eigenvalue weighted by molar-refractivity contribution is 0.284. The van der Waals surface area contributed by atoms with Gasteiger partial charge in [0, 0.05) is 17.1 Å². The van der Waals surface area contributed by atoms with Crippen molar-refractivity contribution in [3.05, 3.63) is 58.6 Å². The molecule has 0 spiro atoms. The van der Waals surface area contributed by atoms with Crippen molar-refractivity contribution in [2.45, 2.75) is 45.9 Å². The van der Waals surface area contributed by atoms with E-state index in [0.29, 0.717) is 11.6 Å². The van der Waals surface area contributed by atoms with Gasteiger partial charge in [-0.1, -0.05) is 36.7 Å². The van der Waals surface area contributed by atoms with Gasteiger partial charge in [0.25, 0.3) is 0 Å². The Bertz CT molecular complexity index is 674. The number of rotatable bonds is 8. The minimum Gasteiger partial charge on any atom is -0.493 e. The van der Waals surface area contributed by atoms with Crippen molar-refractivity contribution in [3.8, 4) is 11.5 Å². The van der Waals surface area contributed by atoms with Gasteiger partial charge in [0.1, 0.15) is 6.61 Å². The monoisotopic (exact) mass is 383 g/mol. The first-order valence-electron chi connectivity index (χ1n) is 8.22. The molecule has 0 aliphatic heterocycles. The van der Waals surface area contributed by atoms with Crippen LogP contribution in [-0.4, -0.2) is 12.6 Å². The Labute approximate surface area is 162 Å². The Morgan fingerprint density at radius 2 is 1.80 bits per heavy atom. The normalized spacial score (nSPS) is 10.9. The predicted molar refractivity (Wildman–Crippen MR) is 107 cm³/mol. The van der Waals surface area contributed by atoms with E-state index >= 15 is 0 Å². The van der Waals surface area contributed by atoms with Crippen LogP contribution in [0.2, 0.25) is 5.02 Å². The Morgan fingerprint density at radius 3 is 2.44 bits per heavy atom. The first-order valence-corrected chi connectivity index (χ1v) is 8.60. The SMILES string of the molecule is CCC(C)(C)NCc1ccc(OCc2cccc(Cl)c2)c(OC)c1.Cl. The highest BCUT2D eigenvalue weighted by molar-refractivity contribution is 6.30. The zero-order chi connectivity index (χ0) is 17.6. The summed E-state index contributed by atoms with van der Waals surface area (Å²) in [6.07, 6.45) is 1.07. The summed E-state index contributed by atoms with van der Waals surface area (Å²) >= 11 is 6.00. The second kappa shape index (κ2) is 9.91. The minimum absolute atomic E-state index is 0. The van der Waals surface area contributed by atoms with Crippen LogP contribution in [0.3, 0.4) is 0 Å². The number of benzene rings is 2. The highest BCUT2D eigenvalue weighted by Crippen LogP contribution is 2.29. The van der Waals surface area contributed by atoms with E-state index in [2.05, 4.69) is 32.2 Å². The third kappa shape index (κ3) is 6.77. The average molecular weight is 384 g/mol. The maximum absolute atomic E-state index is 6.00. The summed E-state index contributed by atoms with van der Waals surface area (Å²) in [6.45, 7) is 7.84. The van der Waals surface area contributed by atoms with Crippen LogP contribution >= 0.6 is 24.0 Å². The lowest BCUT2D eigenvalue weighted by atomic mass is 10.0. The molecule has 0 aliphatic rings. The van der Waals surface area contributed by atoms with E-state index in [4.69, 9.17) is 21.1 Å². The third-order valence-electron chi connectivity index (χ3n) is 4.17. The fourth-order valence-electron chi connectivity index (χ4n) is 2.20. The van der Waals surface area contributed by atoms with Crippen LogP contribution < -0.4 is 14.8 Å². The van der Waals surface area contributed by atoms with Gasteiger partial charge in [0.2, 0.25) is 0 Å². The smallest absolute Gasteiger partial charge is 0.161 e. The molecule has 0 aromatic heterocycles. The van der Waals surface area contributed by atoms with Gasteiger partial charge in [-0.25, -0.2) is 0 Å². The number of hydrogen-bond acceptors (Lipinski definition) is 3. The summed E-state index contributed by atoms with van der Waals surface area (Å²) in [5.41, 5.74) is 2.32. The highest BCUT2D eigenvalue weighted by Gasteiger charge is 2.14. The van der Waals surface area contributed by atoms with Gasteiger partial charge in [-0.15, -0.1) is 12.4 Å². The van der Waals surface area contributed by atoms with Gasteiger partial charge in [-0.3, -0.25) is 0 Å². The molecule has 0 unspecified atom stereocenters. The summed E-state index contributed by atoms with van der Waals surface area (Å²) in [5.74, 6) is 1.47. The van der Waals surface area contributed by atoms with Crippen molar-refractivity contribution in [3.63, 3.8) is 0 Å². The molecule has 0 fully saturated rings. The van der Waals surface area contributed by atoms with Crippen molar-refractivity contribution in [1.82, 2.24) is 5.32 Å². The number of methoxy groups -OCH3 is 1. The summed E-state index contributed by atoms with van der Waals surface area (Å²) in [5, 5.41) is 4.26. The zero-order valence-electron chi connectivity index (χ0n) is 15.3. The number of ether oxygens (including phenoxy) is 2. The molecule has 2 rings (SSSR count). The van der Waals surface area contributed by atoms with Crippen LogP contribution in [0.5, 0.6) is 11.5 Å². The Morgan fingerprint density at radius 1 is 1.04 bits per heavy atom. The molecule has 2 aromatic rings. The number of halogens is 2. The standard InChI is InChI=1S/C20H26ClNO2.ClH/c1-5-20(2,3)22-13-15-9-10-18(19(12-15)23-4)24-14-16-7-6-8-17(21)11-16;/h6-12,22H,5,13-14H2,1-4H3;1H. The van der Waals surface area contributed by atoms with E-state index in [0.717, 1.165) is 30.0 Å². The zero-order valence-corrected chi connectivity index (χ0v) is 16.8. The van der Waals surface area contributed by atoms with Gasteiger partial charge >= 0.3 is 0 Å². The van der Waals surface area contributed by atoms with Gasteiger partial charge in [-0.05, 0) is 55.7 Å². The molecule has 1 N–H and O–H groups in total. The van der Waals surface area contributed by atoms with E-state index in [-0.39, 0.29) is 17.9 Å². The molecular weight excluding hydrogens is 357 g/mol. The molecule has 0 heterocycles. The molecule has 0 saturated carbocycles. The molecule has 0 aliphatic carbocycles. The average Bonchev–Trinajstić information content (AvgIpc) is 2.58. The minimum atomic E-state index is 0. The molecular formula is C20H27Cl2NO2. The van der Waals surface area contributed by atoms with E-state index < -0.39 is 0 Å². The summed E-state index contributed by atoms with van der Waals surface area (Å²) in [7, 11) is 1.66. The van der Waals surface area contributed by atoms with E-state index in [1.54, 1.807) is 7.11 Å². The second-order valence-corrected chi connectivity index (χ2v) is 6.93. The van der Waals surface area contributed by atoms with Crippen LogP contribution in [0.4, 0.5) is 0 Å². The lowest BCUT2D eigenvalue weighted by Crippen LogP contribution is -2.37. The molecule has 5 heteroatoms. The highest BCUT2D eigenvalue weighted by atomic mass is 35.5. The topological polar surface area (TPSA) is 30.5 Å². The number of nitrogens with one attached hydrogen (secondary N) is 1. The molecule has 0 bridgehead atoms. The maximum atomic E-state index is 6.00. The lowest BCUT2D eigenvalue weighted by Gasteiger charge is -2.24. The summed E-state index contributed by atoms with van der Waals surface area (Å²) in [4.78, 5) is 0. The first-order chi connectivity index (χ1) is 11.4. The van der Waals surface area contributed by atoms with E-state index in [9.17, 15) is 0 Å². The van der Waals surface area contributed by atoms with Gasteiger partial charge in [0.05, 0.1) is 7.11 Å². The quantitative estimate of drug-likeness (QED) is 0.640. The predicted octanol–water partition coefficient (Wildman–Crippen LogP) is 5.63. The Kier molecular flexibility index (Phi) is 8.57. The summed E-state index contributed by atoms with van der Waals surface area (Å²) < 4.78 is 11.4. The van der Waals surface area contributed by atoms with Crippen LogP contribution in [0.25, 0.3) is 0 Å². The largest absolute Gasteiger partial charge is 0.493 e. The molecule has 0 amide bonds. The molecule has 25 heavy (non-hydrogen) atoms. The van der Waals surface area contributed by atoms with Crippen molar-refractivity contribution in [2.24, 2.45) is 0 Å². The van der Waals surface area contributed by atoms with Gasteiger partial charge < -0.3 is 14.8 Å². The van der Waals surface area contributed by atoms with E-state index in [1.165, 1.54) is 5.56 Å². The molecule has 2 aromatic carbocycles. The summed E-state index contributed by atoms with van der Waals surface area (Å²) in [6, 6.07) is 13.7. The van der Waals surface area contributed by atoms with Crippen LogP contribution in [-0.2, 0) is 13.2 Å². The molecule has 138 valence electrons. The van der Waals surface area contributed by atoms with Gasteiger partial charge in [0.15, 0.2) is 11.5 Å². The maximum Gasteiger partial charge on any atom is 0.161 e. The fraction of sp³-hybridized carbons (Fsp3) is 0.400. The van der Waals surface area contributed by atoms with Crippen molar-refractivity contribution in [1.29, 1.82) is 0 Å².